The van der Waals surface area contributed by atoms with Crippen molar-refractivity contribution in [1.29, 1.82) is 0 Å². The average Bonchev–Trinajstić information content (AvgIpc) is 3.74. The number of amidine groups is 1. The first kappa shape index (κ1) is 33.9. The molecule has 0 aliphatic carbocycles. The van der Waals surface area contributed by atoms with Crippen LogP contribution in [0, 0.1) is 0 Å². The number of aryl methyl sites for hydroxylation is 1. The first-order valence-corrected chi connectivity index (χ1v) is 16.8. The molecule has 2 aliphatic rings. The third-order valence-electron chi connectivity index (χ3n) is 8.30. The summed E-state index contributed by atoms with van der Waals surface area (Å²) in [6.07, 6.45) is 1.56. The fourth-order valence-electron chi connectivity index (χ4n) is 5.94. The number of carbonyl (C=O) groups is 2. The molecule has 2 atom stereocenters. The Labute approximate surface area is 285 Å². The number of anilines is 1. The summed E-state index contributed by atoms with van der Waals surface area (Å²) in [5.74, 6) is 0.637. The summed E-state index contributed by atoms with van der Waals surface area (Å²) >= 11 is 1.31. The number of urea groups is 1. The van der Waals surface area contributed by atoms with E-state index in [1.165, 1.54) is 23.9 Å². The van der Waals surface area contributed by atoms with Crippen LogP contribution in [-0.2, 0) is 11.2 Å². The average molecular weight is 687 g/mol. The number of aliphatic imine (C=N–C) groups is 3. The van der Waals surface area contributed by atoms with Crippen LogP contribution in [0.3, 0.4) is 0 Å². The summed E-state index contributed by atoms with van der Waals surface area (Å²) in [7, 11) is 0. The van der Waals surface area contributed by atoms with Crippen molar-refractivity contribution in [2.24, 2.45) is 15.0 Å². The number of benzene rings is 3. The smallest absolute Gasteiger partial charge is 0.464 e. The quantitative estimate of drug-likeness (QED) is 0.199. The first-order chi connectivity index (χ1) is 23.5. The standard InChI is InChI=1S/C37H33F3N4O4S/c1-22(2)31-19-25(35-41-20-26(42-35)11-6-23-7-12-28(13-8-23)48-37(38,39)40)9-14-32(31)43-36(46)44-34-15-10-24(18-27(45)21-49-34)29-4-3-5-33-30(29)16-17-47-33/h3-5,7-9,12-14,16-17,19-20,24,26H,1,6,10-11,15,18,21H2,2H3,(H,43,46). The van der Waals surface area contributed by atoms with Gasteiger partial charge in [0, 0.05) is 34.8 Å². The molecule has 1 aromatic heterocycles. The van der Waals surface area contributed by atoms with Gasteiger partial charge >= 0.3 is 12.4 Å². The van der Waals surface area contributed by atoms with E-state index in [0.29, 0.717) is 54.2 Å². The lowest BCUT2D eigenvalue weighted by Gasteiger charge is -2.20. The van der Waals surface area contributed by atoms with Gasteiger partial charge in [-0.05, 0) is 97.7 Å². The van der Waals surface area contributed by atoms with Crippen LogP contribution in [0.5, 0.6) is 5.75 Å². The molecular weight excluding hydrogens is 653 g/mol. The number of nitrogens with zero attached hydrogens (tertiary/aromatic N) is 3. The molecule has 1 saturated heterocycles. The normalized spacial score (nSPS) is 19.1. The number of alkyl halides is 3. The summed E-state index contributed by atoms with van der Waals surface area (Å²) in [6.45, 7) is 5.92. The monoisotopic (exact) mass is 686 g/mol. The molecule has 0 bridgehead atoms. The molecule has 0 radical (unpaired) electrons. The highest BCUT2D eigenvalue weighted by atomic mass is 32.2. The molecule has 8 nitrogen and oxygen atoms in total. The van der Waals surface area contributed by atoms with Gasteiger partial charge in [0.15, 0.2) is 5.84 Å². The molecule has 252 valence electrons. The van der Waals surface area contributed by atoms with Crippen molar-refractivity contribution in [3.8, 4) is 5.75 Å². The summed E-state index contributed by atoms with van der Waals surface area (Å²) in [5, 5.41) is 4.49. The lowest BCUT2D eigenvalue weighted by molar-refractivity contribution is -0.274. The van der Waals surface area contributed by atoms with E-state index in [1.807, 2.05) is 43.3 Å². The van der Waals surface area contributed by atoms with Gasteiger partial charge in [-0.2, -0.15) is 4.99 Å². The first-order valence-electron chi connectivity index (χ1n) is 15.8. The predicted octanol–water partition coefficient (Wildman–Crippen LogP) is 9.40. The van der Waals surface area contributed by atoms with Crippen molar-refractivity contribution in [2.75, 3.05) is 11.1 Å². The number of hydrogen-bond acceptors (Lipinski definition) is 7. The van der Waals surface area contributed by atoms with Gasteiger partial charge < -0.3 is 14.5 Å². The molecule has 2 unspecified atom stereocenters. The summed E-state index contributed by atoms with van der Waals surface area (Å²) in [6, 6.07) is 18.3. The van der Waals surface area contributed by atoms with E-state index in [9.17, 15) is 22.8 Å². The predicted molar refractivity (Wildman–Crippen MR) is 188 cm³/mol. The van der Waals surface area contributed by atoms with E-state index in [0.717, 1.165) is 33.2 Å². The Morgan fingerprint density at radius 3 is 2.73 bits per heavy atom. The number of rotatable bonds is 8. The fourth-order valence-corrected chi connectivity index (χ4v) is 6.79. The van der Waals surface area contributed by atoms with Crippen LogP contribution < -0.4 is 10.1 Å². The van der Waals surface area contributed by atoms with Gasteiger partial charge in [-0.15, -0.1) is 24.9 Å². The van der Waals surface area contributed by atoms with Crippen LogP contribution in [0.15, 0.2) is 99.0 Å². The molecule has 3 heterocycles. The van der Waals surface area contributed by atoms with Crippen LogP contribution in [0.2, 0.25) is 0 Å². The van der Waals surface area contributed by atoms with E-state index >= 15 is 0 Å². The Balaban J connectivity index is 1.09. The number of hydrogen-bond donors (Lipinski definition) is 1. The molecular formula is C37H33F3N4O4S. The number of allylic oxidation sites excluding steroid dienone is 1. The molecule has 12 heteroatoms. The number of amides is 2. The summed E-state index contributed by atoms with van der Waals surface area (Å²) < 4.78 is 46.8. The SMILES string of the molecule is C=C(C)c1cc(C2=NC(CCc3ccc(OC(F)(F)F)cc3)C=N2)ccc1NC(=O)N=C1CCC(c2cccc3occc23)CC(=O)CS1. The van der Waals surface area contributed by atoms with Crippen LogP contribution >= 0.6 is 11.8 Å². The number of nitrogens with one attached hydrogen (secondary N) is 1. The van der Waals surface area contributed by atoms with Crippen molar-refractivity contribution < 1.29 is 31.9 Å². The number of fused-ring (bicyclic) bond motifs is 1. The van der Waals surface area contributed by atoms with Gasteiger partial charge in [0.25, 0.3) is 0 Å². The summed E-state index contributed by atoms with van der Waals surface area (Å²) in [5.41, 5.74) is 5.44. The van der Waals surface area contributed by atoms with Crippen molar-refractivity contribution in [3.63, 3.8) is 0 Å². The maximum Gasteiger partial charge on any atom is 0.573 e. The molecule has 2 aliphatic heterocycles. The molecule has 3 aromatic carbocycles. The minimum Gasteiger partial charge on any atom is -0.464 e. The highest BCUT2D eigenvalue weighted by Gasteiger charge is 2.31. The third-order valence-corrected chi connectivity index (χ3v) is 9.39. The van der Waals surface area contributed by atoms with Gasteiger partial charge in [0.05, 0.1) is 23.1 Å². The zero-order valence-corrected chi connectivity index (χ0v) is 27.4. The zero-order chi connectivity index (χ0) is 34.5. The molecule has 1 fully saturated rings. The lowest BCUT2D eigenvalue weighted by atomic mass is 9.88. The molecule has 49 heavy (non-hydrogen) atoms. The Morgan fingerprint density at radius 2 is 1.96 bits per heavy atom. The Hall–Kier alpha value is -4.97. The Bertz CT molecular complexity index is 1980. The molecule has 1 N–H and O–H groups in total. The summed E-state index contributed by atoms with van der Waals surface area (Å²) in [4.78, 5) is 39.5. The van der Waals surface area contributed by atoms with E-state index in [1.54, 1.807) is 30.7 Å². The van der Waals surface area contributed by atoms with E-state index in [-0.39, 0.29) is 29.2 Å². The number of halogens is 3. The van der Waals surface area contributed by atoms with Crippen LogP contribution in [-0.4, -0.2) is 47.1 Å². The van der Waals surface area contributed by atoms with E-state index in [2.05, 4.69) is 26.6 Å². The maximum absolute atomic E-state index is 13.1. The highest BCUT2D eigenvalue weighted by molar-refractivity contribution is 8.14. The van der Waals surface area contributed by atoms with Gasteiger partial charge in [-0.3, -0.25) is 9.79 Å². The zero-order valence-electron chi connectivity index (χ0n) is 26.6. The third kappa shape index (κ3) is 8.74. The maximum atomic E-state index is 13.1. The molecule has 6 rings (SSSR count). The second kappa shape index (κ2) is 14.7. The Kier molecular flexibility index (Phi) is 10.1. The molecule has 4 aromatic rings. The number of ether oxygens (including phenoxy) is 1. The minimum atomic E-state index is -4.73. The Morgan fingerprint density at radius 1 is 1.14 bits per heavy atom. The second-order valence-corrected chi connectivity index (χ2v) is 13.0. The van der Waals surface area contributed by atoms with Crippen LogP contribution in [0.1, 0.15) is 60.8 Å². The van der Waals surface area contributed by atoms with Gasteiger partial charge in [-0.1, -0.05) is 30.8 Å². The minimum absolute atomic E-state index is 0.000400. The van der Waals surface area contributed by atoms with Crippen molar-refractivity contribution in [1.82, 2.24) is 0 Å². The van der Waals surface area contributed by atoms with E-state index in [4.69, 9.17) is 9.41 Å². The van der Waals surface area contributed by atoms with Crippen molar-refractivity contribution in [2.45, 2.75) is 57.3 Å². The van der Waals surface area contributed by atoms with Gasteiger partial charge in [0.2, 0.25) is 0 Å². The van der Waals surface area contributed by atoms with Crippen molar-refractivity contribution in [3.05, 3.63) is 102 Å². The fraction of sp³-hybridized carbons (Fsp3) is 0.270. The van der Waals surface area contributed by atoms with Crippen LogP contribution in [0.4, 0.5) is 23.7 Å². The molecule has 2 amide bonds. The number of furan rings is 1. The molecule has 0 spiro atoms. The molecule has 0 saturated carbocycles. The second-order valence-electron chi connectivity index (χ2n) is 12.0. The number of carbonyl (C=O) groups excluding carboxylic acids is 2. The van der Waals surface area contributed by atoms with Gasteiger partial charge in [0.1, 0.15) is 17.1 Å². The van der Waals surface area contributed by atoms with E-state index < -0.39 is 12.4 Å². The number of thioether (sulfide) groups is 1. The highest BCUT2D eigenvalue weighted by Crippen LogP contribution is 2.35. The van der Waals surface area contributed by atoms with Crippen molar-refractivity contribution >= 4 is 62.9 Å². The lowest BCUT2D eigenvalue weighted by Crippen LogP contribution is -2.17. The number of Topliss-reactive ketones (excluding diaryl/α,β-unsaturated/α-hetero) is 1. The van der Waals surface area contributed by atoms with Crippen LogP contribution in [0.25, 0.3) is 16.5 Å². The topological polar surface area (TPSA) is 106 Å². The largest absolute Gasteiger partial charge is 0.573 e. The van der Waals surface area contributed by atoms with Gasteiger partial charge in [-0.25, -0.2) is 9.79 Å². The number of ketones is 1.